The van der Waals surface area contributed by atoms with Crippen molar-refractivity contribution in [3.8, 4) is 0 Å². The Balaban J connectivity index is 1.98. The van der Waals surface area contributed by atoms with E-state index in [4.69, 9.17) is 4.74 Å². The second-order valence-electron chi connectivity index (χ2n) is 6.68. The molecular weight excluding hydrogens is 380 g/mol. The highest BCUT2D eigenvalue weighted by molar-refractivity contribution is 7.89. The first-order valence-electron chi connectivity index (χ1n) is 8.79. The average Bonchev–Trinajstić information content (AvgIpc) is 2.65. The van der Waals surface area contributed by atoms with Crippen LogP contribution in [-0.2, 0) is 24.3 Å². The summed E-state index contributed by atoms with van der Waals surface area (Å²) in [4.78, 5) is 24.4. The Morgan fingerprint density at radius 2 is 1.71 bits per heavy atom. The number of hydrogen-bond donors (Lipinski definition) is 2. The van der Waals surface area contributed by atoms with Crippen LogP contribution in [0.1, 0.15) is 19.4 Å². The molecule has 8 heteroatoms. The molecule has 28 heavy (non-hydrogen) atoms. The van der Waals surface area contributed by atoms with Gasteiger partial charge in [-0.05, 0) is 42.7 Å². The van der Waals surface area contributed by atoms with Gasteiger partial charge >= 0.3 is 5.97 Å². The largest absolute Gasteiger partial charge is 0.454 e. The van der Waals surface area contributed by atoms with Crippen molar-refractivity contribution in [2.45, 2.75) is 31.7 Å². The van der Waals surface area contributed by atoms with Gasteiger partial charge in [-0.1, -0.05) is 44.2 Å². The Morgan fingerprint density at radius 1 is 1.04 bits per heavy atom. The zero-order chi connectivity index (χ0) is 20.7. The van der Waals surface area contributed by atoms with Crippen molar-refractivity contribution in [3.05, 3.63) is 60.2 Å². The van der Waals surface area contributed by atoms with E-state index in [0.717, 1.165) is 5.56 Å². The minimum absolute atomic E-state index is 0.0469. The molecule has 0 unspecified atom stereocenters. The number of hydrogen-bond acceptors (Lipinski definition) is 5. The first kappa shape index (κ1) is 21.6. The summed E-state index contributed by atoms with van der Waals surface area (Å²) in [7, 11) is -3.89. The highest BCUT2D eigenvalue weighted by Gasteiger charge is 2.30. The molecule has 0 aliphatic rings. The SMILES string of the molecule is Cc1cccc(NC(=O)COC(=O)[C@@H](NS(=O)(=O)c2ccccc2)C(C)C)c1. The van der Waals surface area contributed by atoms with E-state index in [1.54, 1.807) is 50.2 Å². The van der Waals surface area contributed by atoms with E-state index in [-0.39, 0.29) is 10.8 Å². The quantitative estimate of drug-likeness (QED) is 0.658. The smallest absolute Gasteiger partial charge is 0.324 e. The topological polar surface area (TPSA) is 102 Å². The molecule has 2 N–H and O–H groups in total. The fourth-order valence-electron chi connectivity index (χ4n) is 2.44. The van der Waals surface area contributed by atoms with Crippen LogP contribution in [0.25, 0.3) is 0 Å². The number of benzene rings is 2. The molecule has 2 rings (SSSR count). The summed E-state index contributed by atoms with van der Waals surface area (Å²) in [5.41, 5.74) is 1.57. The Kier molecular flexibility index (Phi) is 7.31. The molecule has 2 aromatic carbocycles. The maximum Gasteiger partial charge on any atom is 0.324 e. The van der Waals surface area contributed by atoms with E-state index in [9.17, 15) is 18.0 Å². The van der Waals surface area contributed by atoms with Crippen molar-refractivity contribution in [2.24, 2.45) is 5.92 Å². The fraction of sp³-hybridized carbons (Fsp3) is 0.300. The average molecular weight is 404 g/mol. The lowest BCUT2D eigenvalue weighted by molar-refractivity contribution is -0.150. The molecule has 0 bridgehead atoms. The van der Waals surface area contributed by atoms with E-state index in [2.05, 4.69) is 10.0 Å². The molecule has 0 aromatic heterocycles. The molecule has 0 heterocycles. The summed E-state index contributed by atoms with van der Waals surface area (Å²) in [5.74, 6) is -1.69. The lowest BCUT2D eigenvalue weighted by atomic mass is 10.1. The van der Waals surface area contributed by atoms with E-state index in [0.29, 0.717) is 5.69 Å². The number of sulfonamides is 1. The molecular formula is C20H24N2O5S. The highest BCUT2D eigenvalue weighted by Crippen LogP contribution is 2.13. The third kappa shape index (κ3) is 6.17. The maximum atomic E-state index is 12.5. The minimum Gasteiger partial charge on any atom is -0.454 e. The predicted octanol–water partition coefficient (Wildman–Crippen LogP) is 2.48. The molecule has 2 aromatic rings. The number of ether oxygens (including phenoxy) is 1. The van der Waals surface area contributed by atoms with Crippen molar-refractivity contribution >= 4 is 27.6 Å². The van der Waals surface area contributed by atoms with E-state index in [1.165, 1.54) is 12.1 Å². The lowest BCUT2D eigenvalue weighted by Crippen LogP contribution is -2.45. The Bertz CT molecular complexity index is 927. The van der Waals surface area contributed by atoms with Gasteiger partial charge in [0.05, 0.1) is 4.90 Å². The van der Waals surface area contributed by atoms with Crippen molar-refractivity contribution in [1.82, 2.24) is 4.72 Å². The van der Waals surface area contributed by atoms with Crippen molar-refractivity contribution in [1.29, 1.82) is 0 Å². The first-order chi connectivity index (χ1) is 13.2. The van der Waals surface area contributed by atoms with Gasteiger partial charge in [-0.15, -0.1) is 0 Å². The molecule has 0 spiro atoms. The molecule has 0 saturated carbocycles. The zero-order valence-electron chi connectivity index (χ0n) is 16.0. The van der Waals surface area contributed by atoms with Crippen LogP contribution in [0, 0.1) is 12.8 Å². The molecule has 150 valence electrons. The van der Waals surface area contributed by atoms with Crippen LogP contribution in [0.5, 0.6) is 0 Å². The van der Waals surface area contributed by atoms with E-state index < -0.39 is 34.5 Å². The molecule has 0 saturated heterocycles. The van der Waals surface area contributed by atoms with Gasteiger partial charge in [-0.2, -0.15) is 4.72 Å². The van der Waals surface area contributed by atoms with Gasteiger partial charge in [0.15, 0.2) is 6.61 Å². The van der Waals surface area contributed by atoms with E-state index >= 15 is 0 Å². The fourth-order valence-corrected chi connectivity index (χ4v) is 3.79. The van der Waals surface area contributed by atoms with Gasteiger partial charge in [0.2, 0.25) is 10.0 Å². The number of carbonyl (C=O) groups excluding carboxylic acids is 2. The third-order valence-corrected chi connectivity index (χ3v) is 5.36. The zero-order valence-corrected chi connectivity index (χ0v) is 16.8. The predicted molar refractivity (Wildman–Crippen MR) is 106 cm³/mol. The van der Waals surface area contributed by atoms with Crippen LogP contribution in [-0.4, -0.2) is 32.9 Å². The number of anilines is 1. The number of nitrogens with one attached hydrogen (secondary N) is 2. The second-order valence-corrected chi connectivity index (χ2v) is 8.40. The Labute approximate surface area is 165 Å². The number of rotatable bonds is 8. The number of carbonyl (C=O) groups is 2. The molecule has 1 amide bonds. The highest BCUT2D eigenvalue weighted by atomic mass is 32.2. The van der Waals surface area contributed by atoms with Crippen LogP contribution in [0.15, 0.2) is 59.5 Å². The van der Waals surface area contributed by atoms with Crippen LogP contribution in [0.3, 0.4) is 0 Å². The molecule has 0 fully saturated rings. The third-order valence-electron chi connectivity index (χ3n) is 3.90. The number of aryl methyl sites for hydroxylation is 1. The molecule has 0 aliphatic heterocycles. The second kappa shape index (κ2) is 9.48. The first-order valence-corrected chi connectivity index (χ1v) is 10.3. The van der Waals surface area contributed by atoms with Crippen molar-refractivity contribution in [2.75, 3.05) is 11.9 Å². The van der Waals surface area contributed by atoms with Crippen molar-refractivity contribution < 1.29 is 22.7 Å². The minimum atomic E-state index is -3.89. The van der Waals surface area contributed by atoms with Gasteiger partial charge < -0.3 is 10.1 Å². The Hall–Kier alpha value is -2.71. The summed E-state index contributed by atoms with van der Waals surface area (Å²) in [6.45, 7) is 4.75. The van der Waals surface area contributed by atoms with Crippen LogP contribution >= 0.6 is 0 Å². The van der Waals surface area contributed by atoms with Gasteiger partial charge in [-0.3, -0.25) is 9.59 Å². The van der Waals surface area contributed by atoms with Gasteiger partial charge in [-0.25, -0.2) is 8.42 Å². The normalized spacial score (nSPS) is 12.4. The summed E-state index contributed by atoms with van der Waals surface area (Å²) < 4.78 is 32.3. The molecule has 0 radical (unpaired) electrons. The van der Waals surface area contributed by atoms with E-state index in [1.807, 2.05) is 13.0 Å². The van der Waals surface area contributed by atoms with Crippen LogP contribution in [0.4, 0.5) is 5.69 Å². The van der Waals surface area contributed by atoms with Crippen LogP contribution in [0.2, 0.25) is 0 Å². The monoisotopic (exact) mass is 404 g/mol. The number of esters is 1. The van der Waals surface area contributed by atoms with Gasteiger partial charge in [0.1, 0.15) is 6.04 Å². The molecule has 1 atom stereocenters. The number of amides is 1. The van der Waals surface area contributed by atoms with Gasteiger partial charge in [0.25, 0.3) is 5.91 Å². The maximum absolute atomic E-state index is 12.5. The summed E-state index contributed by atoms with van der Waals surface area (Å²) in [5, 5.41) is 2.63. The summed E-state index contributed by atoms with van der Waals surface area (Å²) >= 11 is 0. The lowest BCUT2D eigenvalue weighted by Gasteiger charge is -2.20. The van der Waals surface area contributed by atoms with Gasteiger partial charge in [0, 0.05) is 5.69 Å². The molecule has 7 nitrogen and oxygen atoms in total. The van der Waals surface area contributed by atoms with Crippen LogP contribution < -0.4 is 10.0 Å². The molecule has 0 aliphatic carbocycles. The standard InChI is InChI=1S/C20H24N2O5S/c1-14(2)19(22-28(25,26)17-10-5-4-6-11-17)20(24)27-13-18(23)21-16-9-7-8-15(3)12-16/h4-12,14,19,22H,13H2,1-3H3,(H,21,23)/t19-/m0/s1. The Morgan fingerprint density at radius 3 is 2.32 bits per heavy atom. The van der Waals surface area contributed by atoms with Crippen molar-refractivity contribution in [3.63, 3.8) is 0 Å². The summed E-state index contributed by atoms with van der Waals surface area (Å²) in [6.07, 6.45) is 0. The summed E-state index contributed by atoms with van der Waals surface area (Å²) in [6, 6.07) is 13.8.